The number of allylic oxidation sites excluding steroid dienone is 2. The Labute approximate surface area is 100 Å². The van der Waals surface area contributed by atoms with Crippen LogP contribution in [0.25, 0.3) is 0 Å². The molecule has 1 radical (unpaired) electrons. The Morgan fingerprint density at radius 3 is 2.50 bits per heavy atom. The fourth-order valence-corrected chi connectivity index (χ4v) is 2.19. The predicted molar refractivity (Wildman–Crippen MR) is 69.0 cm³/mol. The molecule has 1 aliphatic carbocycles. The van der Waals surface area contributed by atoms with Crippen LogP contribution in [0.4, 0.5) is 0 Å². The second-order valence-electron chi connectivity index (χ2n) is 6.18. The van der Waals surface area contributed by atoms with Crippen molar-refractivity contribution in [3.05, 3.63) is 18.1 Å². The van der Waals surface area contributed by atoms with E-state index in [9.17, 15) is 4.79 Å². The number of carbonyl (C=O) groups is 1. The molecule has 0 aromatic rings. The fourth-order valence-electron chi connectivity index (χ4n) is 2.19. The fraction of sp³-hybridized carbons (Fsp3) is 0.733. The van der Waals surface area contributed by atoms with Crippen LogP contribution in [0.2, 0.25) is 0 Å². The van der Waals surface area contributed by atoms with Crippen molar-refractivity contribution in [1.29, 1.82) is 0 Å². The van der Waals surface area contributed by atoms with Crippen LogP contribution in [0, 0.1) is 23.2 Å². The van der Waals surface area contributed by atoms with Crippen LogP contribution < -0.4 is 0 Å². The summed E-state index contributed by atoms with van der Waals surface area (Å²) in [6.07, 6.45) is 6.07. The highest BCUT2D eigenvalue weighted by atomic mass is 16.1. The maximum Gasteiger partial charge on any atom is 0.139 e. The first-order valence-electron chi connectivity index (χ1n) is 6.23. The number of carbonyl (C=O) groups excluding carboxylic acids is 1. The lowest BCUT2D eigenvalue weighted by Gasteiger charge is -2.31. The Morgan fingerprint density at radius 1 is 1.56 bits per heavy atom. The quantitative estimate of drug-likeness (QED) is 0.651. The molecule has 1 nitrogen and oxygen atoms in total. The van der Waals surface area contributed by atoms with Crippen molar-refractivity contribution in [2.75, 3.05) is 0 Å². The largest absolute Gasteiger partial charge is 0.299 e. The van der Waals surface area contributed by atoms with Crippen molar-refractivity contribution >= 4 is 5.78 Å². The number of ketones is 1. The highest BCUT2D eigenvalue weighted by Gasteiger charge is 2.38. The average Bonchev–Trinajstić information content (AvgIpc) is 2.44. The highest BCUT2D eigenvalue weighted by Crippen LogP contribution is 2.45. The summed E-state index contributed by atoms with van der Waals surface area (Å²) in [5.41, 5.74) is 1.36. The van der Waals surface area contributed by atoms with Crippen LogP contribution in [0.1, 0.15) is 54.4 Å². The Balaban J connectivity index is 2.68. The Bertz CT molecular complexity index is 307. The van der Waals surface area contributed by atoms with Gasteiger partial charge in [0.1, 0.15) is 5.78 Å². The minimum atomic E-state index is -0.271. The Kier molecular flexibility index (Phi) is 3.66. The van der Waals surface area contributed by atoms with Gasteiger partial charge in [0.05, 0.1) is 0 Å². The molecule has 0 fully saturated rings. The first-order valence-corrected chi connectivity index (χ1v) is 6.23. The van der Waals surface area contributed by atoms with E-state index in [0.29, 0.717) is 18.1 Å². The molecule has 0 aromatic carbocycles. The molecule has 0 unspecified atom stereocenters. The summed E-state index contributed by atoms with van der Waals surface area (Å²) in [5.74, 6) is 0.857. The van der Waals surface area contributed by atoms with Crippen LogP contribution >= 0.6 is 0 Å². The summed E-state index contributed by atoms with van der Waals surface area (Å²) in [7, 11) is 0. The van der Waals surface area contributed by atoms with Crippen molar-refractivity contribution < 1.29 is 4.79 Å². The topological polar surface area (TPSA) is 17.1 Å². The minimum absolute atomic E-state index is 0.194. The molecule has 0 aromatic heterocycles. The monoisotopic (exact) mass is 221 g/mol. The second-order valence-corrected chi connectivity index (χ2v) is 6.18. The molecule has 1 rings (SSSR count). The standard InChI is InChI=1S/C15H25O/c1-7-14(3,4)13(16)10-12-9-8-11(2)15(12,5)6/h7-8,12H,9-10H2,1-6H3/t12-/m0/s1. The number of hydrogen-bond acceptors (Lipinski definition) is 1. The van der Waals surface area contributed by atoms with E-state index in [4.69, 9.17) is 0 Å². The van der Waals surface area contributed by atoms with Crippen molar-refractivity contribution in [2.45, 2.75) is 54.4 Å². The third-order valence-corrected chi connectivity index (χ3v) is 4.62. The first kappa shape index (κ1) is 13.5. The van der Waals surface area contributed by atoms with Gasteiger partial charge >= 0.3 is 0 Å². The van der Waals surface area contributed by atoms with Gasteiger partial charge in [0, 0.05) is 11.8 Å². The van der Waals surface area contributed by atoms with Gasteiger partial charge in [0.15, 0.2) is 0 Å². The minimum Gasteiger partial charge on any atom is -0.299 e. The summed E-state index contributed by atoms with van der Waals surface area (Å²) in [6.45, 7) is 12.7. The van der Waals surface area contributed by atoms with E-state index in [2.05, 4.69) is 26.8 Å². The molecule has 1 aliphatic rings. The molecule has 0 bridgehead atoms. The summed E-state index contributed by atoms with van der Waals surface area (Å²) in [6, 6.07) is 0. The van der Waals surface area contributed by atoms with Gasteiger partial charge in [0.2, 0.25) is 0 Å². The average molecular weight is 221 g/mol. The molecular formula is C15H25O. The number of rotatable bonds is 4. The van der Waals surface area contributed by atoms with E-state index in [-0.39, 0.29) is 10.8 Å². The number of Topliss-reactive ketones (excluding diaryl/α,β-unsaturated/α-hetero) is 1. The normalized spacial score (nSPS) is 24.4. The highest BCUT2D eigenvalue weighted by molar-refractivity contribution is 5.85. The van der Waals surface area contributed by atoms with E-state index in [1.54, 1.807) is 0 Å². The maximum atomic E-state index is 12.2. The van der Waals surface area contributed by atoms with E-state index >= 15 is 0 Å². The van der Waals surface area contributed by atoms with Gasteiger partial charge in [0.25, 0.3) is 0 Å². The molecule has 0 N–H and O–H groups in total. The zero-order valence-corrected chi connectivity index (χ0v) is 11.6. The molecular weight excluding hydrogens is 196 g/mol. The molecule has 16 heavy (non-hydrogen) atoms. The van der Waals surface area contributed by atoms with Crippen LogP contribution in [0.15, 0.2) is 11.6 Å². The third-order valence-electron chi connectivity index (χ3n) is 4.62. The van der Waals surface area contributed by atoms with Crippen molar-refractivity contribution in [3.8, 4) is 0 Å². The molecule has 0 heterocycles. The number of hydrogen-bond donors (Lipinski definition) is 0. The van der Waals surface area contributed by atoms with Crippen molar-refractivity contribution in [2.24, 2.45) is 16.7 Å². The molecule has 0 aliphatic heterocycles. The molecule has 0 spiro atoms. The summed E-state index contributed by atoms with van der Waals surface area (Å²) in [5, 5.41) is 0. The first-order chi connectivity index (χ1) is 7.21. The van der Waals surface area contributed by atoms with Gasteiger partial charge in [-0.05, 0) is 31.1 Å². The molecule has 0 amide bonds. The van der Waals surface area contributed by atoms with Gasteiger partial charge in [-0.15, -0.1) is 0 Å². The van der Waals surface area contributed by atoms with E-state index < -0.39 is 0 Å². The van der Waals surface area contributed by atoms with E-state index in [1.165, 1.54) is 5.57 Å². The van der Waals surface area contributed by atoms with E-state index in [0.717, 1.165) is 6.42 Å². The zero-order valence-electron chi connectivity index (χ0n) is 11.6. The van der Waals surface area contributed by atoms with Gasteiger partial charge < -0.3 is 0 Å². The smallest absolute Gasteiger partial charge is 0.139 e. The lowest BCUT2D eigenvalue weighted by atomic mass is 9.72. The lowest BCUT2D eigenvalue weighted by Crippen LogP contribution is -2.30. The van der Waals surface area contributed by atoms with Crippen molar-refractivity contribution in [1.82, 2.24) is 0 Å². The molecule has 0 saturated heterocycles. The Morgan fingerprint density at radius 2 is 2.12 bits per heavy atom. The van der Waals surface area contributed by atoms with Crippen LogP contribution in [0.5, 0.6) is 0 Å². The zero-order chi connectivity index (χ0) is 12.6. The van der Waals surface area contributed by atoms with Gasteiger partial charge in [-0.25, -0.2) is 0 Å². The molecule has 0 saturated carbocycles. The van der Waals surface area contributed by atoms with Crippen LogP contribution in [0.3, 0.4) is 0 Å². The maximum absolute atomic E-state index is 12.2. The van der Waals surface area contributed by atoms with Crippen LogP contribution in [-0.2, 0) is 4.79 Å². The molecule has 1 atom stereocenters. The van der Waals surface area contributed by atoms with Gasteiger partial charge in [-0.1, -0.05) is 46.3 Å². The summed E-state index contributed by atoms with van der Waals surface area (Å²) < 4.78 is 0. The summed E-state index contributed by atoms with van der Waals surface area (Å²) >= 11 is 0. The van der Waals surface area contributed by atoms with Gasteiger partial charge in [-0.2, -0.15) is 0 Å². The SMILES string of the molecule is C[CH]C(C)(C)C(=O)C[C@@H]1CC=C(C)C1(C)C. The lowest BCUT2D eigenvalue weighted by molar-refractivity contribution is -0.127. The Hall–Kier alpha value is -0.590. The predicted octanol–water partition coefficient (Wildman–Crippen LogP) is 4.19. The molecule has 1 heteroatoms. The van der Waals surface area contributed by atoms with Crippen molar-refractivity contribution in [3.63, 3.8) is 0 Å². The summed E-state index contributed by atoms with van der Waals surface area (Å²) in [4.78, 5) is 12.2. The van der Waals surface area contributed by atoms with Crippen LogP contribution in [-0.4, -0.2) is 5.78 Å². The second kappa shape index (κ2) is 4.35. The molecule has 91 valence electrons. The third kappa shape index (κ3) is 2.39. The van der Waals surface area contributed by atoms with Gasteiger partial charge in [-0.3, -0.25) is 4.79 Å². The van der Waals surface area contributed by atoms with E-state index in [1.807, 2.05) is 27.2 Å².